The number of nitrogens with zero attached hydrogens (tertiary/aromatic N) is 2. The molecule has 2 heterocycles. The van der Waals surface area contributed by atoms with Crippen LogP contribution >= 0.6 is 0 Å². The predicted octanol–water partition coefficient (Wildman–Crippen LogP) is 0.446. The Kier molecular flexibility index (Phi) is 1.84. The van der Waals surface area contributed by atoms with E-state index >= 15 is 0 Å². The standard InChI is InChI=1S/C8H14N4/c1-8(3-2-4-9-5-8)7-10-6-11-12-7/h6,9H,2-5H2,1H3,(H,10,11,12). The number of rotatable bonds is 1. The first-order chi connectivity index (χ1) is 5.81. The first kappa shape index (κ1) is 7.73. The summed E-state index contributed by atoms with van der Waals surface area (Å²) >= 11 is 0. The number of hydrogen-bond donors (Lipinski definition) is 2. The molecule has 2 rings (SSSR count). The van der Waals surface area contributed by atoms with E-state index in [1.54, 1.807) is 6.33 Å². The van der Waals surface area contributed by atoms with Gasteiger partial charge in [0, 0.05) is 12.0 Å². The zero-order valence-electron chi connectivity index (χ0n) is 7.30. The summed E-state index contributed by atoms with van der Waals surface area (Å²) in [5.74, 6) is 1.01. The van der Waals surface area contributed by atoms with Gasteiger partial charge in [0.15, 0.2) is 0 Å². The van der Waals surface area contributed by atoms with Crippen LogP contribution in [0.2, 0.25) is 0 Å². The van der Waals surface area contributed by atoms with Gasteiger partial charge in [-0.3, -0.25) is 5.10 Å². The van der Waals surface area contributed by atoms with E-state index in [0.29, 0.717) is 0 Å². The minimum absolute atomic E-state index is 0.161. The van der Waals surface area contributed by atoms with Crippen LogP contribution in [0.4, 0.5) is 0 Å². The maximum Gasteiger partial charge on any atom is 0.137 e. The Bertz CT molecular complexity index is 236. The normalized spacial score (nSPS) is 30.4. The van der Waals surface area contributed by atoms with E-state index in [2.05, 4.69) is 27.4 Å². The van der Waals surface area contributed by atoms with Crippen molar-refractivity contribution in [2.24, 2.45) is 0 Å². The molecule has 1 unspecified atom stereocenters. The molecule has 2 N–H and O–H groups in total. The summed E-state index contributed by atoms with van der Waals surface area (Å²) in [6, 6.07) is 0. The summed E-state index contributed by atoms with van der Waals surface area (Å²) < 4.78 is 0. The van der Waals surface area contributed by atoms with E-state index in [-0.39, 0.29) is 5.41 Å². The van der Waals surface area contributed by atoms with E-state index in [1.807, 2.05) is 0 Å². The lowest BCUT2D eigenvalue weighted by Gasteiger charge is -2.31. The maximum absolute atomic E-state index is 4.20. The zero-order chi connectivity index (χ0) is 8.44. The second-order valence-electron chi connectivity index (χ2n) is 3.68. The van der Waals surface area contributed by atoms with Gasteiger partial charge in [-0.25, -0.2) is 4.98 Å². The van der Waals surface area contributed by atoms with Gasteiger partial charge in [-0.05, 0) is 19.4 Å². The van der Waals surface area contributed by atoms with Crippen molar-refractivity contribution in [1.82, 2.24) is 20.5 Å². The van der Waals surface area contributed by atoms with Crippen LogP contribution in [0.3, 0.4) is 0 Å². The van der Waals surface area contributed by atoms with E-state index in [4.69, 9.17) is 0 Å². The summed E-state index contributed by atoms with van der Waals surface area (Å²) in [6.07, 6.45) is 3.99. The van der Waals surface area contributed by atoms with Crippen molar-refractivity contribution in [3.05, 3.63) is 12.2 Å². The number of H-pyrrole nitrogens is 1. The average Bonchev–Trinajstić information content (AvgIpc) is 2.58. The smallest absolute Gasteiger partial charge is 0.137 e. The number of piperidine rings is 1. The highest BCUT2D eigenvalue weighted by atomic mass is 15.2. The zero-order valence-corrected chi connectivity index (χ0v) is 7.30. The molecule has 0 aliphatic carbocycles. The monoisotopic (exact) mass is 166 g/mol. The number of hydrogen-bond acceptors (Lipinski definition) is 3. The summed E-state index contributed by atoms with van der Waals surface area (Å²) in [5, 5.41) is 10.2. The lowest BCUT2D eigenvalue weighted by Crippen LogP contribution is -2.41. The van der Waals surface area contributed by atoms with Crippen LogP contribution in [0.5, 0.6) is 0 Å². The van der Waals surface area contributed by atoms with Gasteiger partial charge in [-0.1, -0.05) is 6.92 Å². The highest BCUT2D eigenvalue weighted by Crippen LogP contribution is 2.26. The van der Waals surface area contributed by atoms with Crippen molar-refractivity contribution >= 4 is 0 Å². The third kappa shape index (κ3) is 1.22. The molecule has 4 heteroatoms. The Morgan fingerprint density at radius 2 is 2.50 bits per heavy atom. The van der Waals surface area contributed by atoms with Crippen molar-refractivity contribution < 1.29 is 0 Å². The molecule has 0 saturated carbocycles. The quantitative estimate of drug-likeness (QED) is 0.636. The van der Waals surface area contributed by atoms with Gasteiger partial charge < -0.3 is 5.32 Å². The molecule has 0 amide bonds. The van der Waals surface area contributed by atoms with Crippen LogP contribution in [0.1, 0.15) is 25.6 Å². The molecule has 0 bridgehead atoms. The van der Waals surface area contributed by atoms with Crippen LogP contribution in [-0.4, -0.2) is 28.3 Å². The second kappa shape index (κ2) is 2.86. The Morgan fingerprint density at radius 1 is 1.58 bits per heavy atom. The Balaban J connectivity index is 2.19. The molecular weight excluding hydrogens is 152 g/mol. The van der Waals surface area contributed by atoms with E-state index < -0.39 is 0 Å². The van der Waals surface area contributed by atoms with Crippen molar-refractivity contribution in [3.63, 3.8) is 0 Å². The predicted molar refractivity (Wildman–Crippen MR) is 45.8 cm³/mol. The summed E-state index contributed by atoms with van der Waals surface area (Å²) in [6.45, 7) is 4.35. The summed E-state index contributed by atoms with van der Waals surface area (Å²) in [4.78, 5) is 4.20. The fourth-order valence-electron chi connectivity index (χ4n) is 1.75. The molecule has 1 atom stereocenters. The third-order valence-electron chi connectivity index (χ3n) is 2.58. The first-order valence-corrected chi connectivity index (χ1v) is 4.38. The summed E-state index contributed by atoms with van der Waals surface area (Å²) in [7, 11) is 0. The van der Waals surface area contributed by atoms with Crippen molar-refractivity contribution in [1.29, 1.82) is 0 Å². The molecule has 1 fully saturated rings. The number of aromatic nitrogens is 3. The molecule has 0 spiro atoms. The highest BCUT2D eigenvalue weighted by Gasteiger charge is 2.31. The Labute approximate surface area is 71.8 Å². The van der Waals surface area contributed by atoms with Crippen LogP contribution in [0.25, 0.3) is 0 Å². The fourth-order valence-corrected chi connectivity index (χ4v) is 1.75. The third-order valence-corrected chi connectivity index (χ3v) is 2.58. The van der Waals surface area contributed by atoms with Crippen LogP contribution in [0, 0.1) is 0 Å². The maximum atomic E-state index is 4.20. The molecule has 12 heavy (non-hydrogen) atoms. The first-order valence-electron chi connectivity index (χ1n) is 4.38. The topological polar surface area (TPSA) is 53.6 Å². The van der Waals surface area contributed by atoms with Gasteiger partial charge in [0.25, 0.3) is 0 Å². The number of aromatic amines is 1. The van der Waals surface area contributed by atoms with Gasteiger partial charge in [-0.2, -0.15) is 5.10 Å². The molecule has 0 aromatic carbocycles. The van der Waals surface area contributed by atoms with Gasteiger partial charge in [0.1, 0.15) is 12.2 Å². The van der Waals surface area contributed by atoms with Crippen molar-refractivity contribution in [2.45, 2.75) is 25.2 Å². The van der Waals surface area contributed by atoms with E-state index in [1.165, 1.54) is 12.8 Å². The Hall–Kier alpha value is -0.900. The molecule has 66 valence electrons. The van der Waals surface area contributed by atoms with Crippen LogP contribution < -0.4 is 5.32 Å². The lowest BCUT2D eigenvalue weighted by atomic mass is 9.82. The van der Waals surface area contributed by atoms with E-state index in [9.17, 15) is 0 Å². The molecule has 1 aliphatic heterocycles. The van der Waals surface area contributed by atoms with Crippen LogP contribution in [0.15, 0.2) is 6.33 Å². The number of nitrogens with one attached hydrogen (secondary N) is 2. The van der Waals surface area contributed by atoms with Gasteiger partial charge >= 0.3 is 0 Å². The molecule has 1 aromatic heterocycles. The Morgan fingerprint density at radius 3 is 3.08 bits per heavy atom. The van der Waals surface area contributed by atoms with Crippen LogP contribution in [-0.2, 0) is 5.41 Å². The average molecular weight is 166 g/mol. The SMILES string of the molecule is CC1(c2ncn[nH]2)CCCNC1. The minimum Gasteiger partial charge on any atom is -0.316 e. The molecule has 1 saturated heterocycles. The fraction of sp³-hybridized carbons (Fsp3) is 0.750. The van der Waals surface area contributed by atoms with Gasteiger partial charge in [-0.15, -0.1) is 0 Å². The molecular formula is C8H14N4. The molecule has 4 nitrogen and oxygen atoms in total. The largest absolute Gasteiger partial charge is 0.316 e. The minimum atomic E-state index is 0.161. The summed E-state index contributed by atoms with van der Waals surface area (Å²) in [5.41, 5.74) is 0.161. The van der Waals surface area contributed by atoms with Crippen molar-refractivity contribution in [2.75, 3.05) is 13.1 Å². The molecule has 1 aromatic rings. The van der Waals surface area contributed by atoms with E-state index in [0.717, 1.165) is 18.9 Å². The van der Waals surface area contributed by atoms with Gasteiger partial charge in [0.2, 0.25) is 0 Å². The lowest BCUT2D eigenvalue weighted by molar-refractivity contribution is 0.324. The second-order valence-corrected chi connectivity index (χ2v) is 3.68. The molecule has 0 radical (unpaired) electrons. The van der Waals surface area contributed by atoms with Crippen molar-refractivity contribution in [3.8, 4) is 0 Å². The van der Waals surface area contributed by atoms with Gasteiger partial charge in [0.05, 0.1) is 0 Å². The highest BCUT2D eigenvalue weighted by molar-refractivity contribution is 5.06. The molecule has 1 aliphatic rings.